The van der Waals surface area contributed by atoms with E-state index in [-0.39, 0.29) is 12.3 Å². The molecule has 1 aliphatic heterocycles. The number of ether oxygens (including phenoxy) is 1. The van der Waals surface area contributed by atoms with E-state index in [1.165, 1.54) is 5.56 Å². The fourth-order valence-corrected chi connectivity index (χ4v) is 3.97. The molecule has 162 valence electrons. The van der Waals surface area contributed by atoms with Crippen LogP contribution in [0.3, 0.4) is 0 Å². The van der Waals surface area contributed by atoms with Gasteiger partial charge in [-0.3, -0.25) is 4.79 Å². The van der Waals surface area contributed by atoms with Gasteiger partial charge < -0.3 is 20.9 Å². The molecule has 7 nitrogen and oxygen atoms in total. The monoisotopic (exact) mass is 412 g/mol. The molecule has 0 bridgehead atoms. The van der Waals surface area contributed by atoms with Gasteiger partial charge in [-0.15, -0.1) is 0 Å². The van der Waals surface area contributed by atoms with E-state index in [1.54, 1.807) is 0 Å². The number of aliphatic carboxylic acids is 1. The second-order valence-corrected chi connectivity index (χ2v) is 7.85. The van der Waals surface area contributed by atoms with E-state index in [2.05, 4.69) is 27.4 Å². The highest BCUT2D eigenvalue weighted by Gasteiger charge is 2.19. The number of benzene rings is 1. The van der Waals surface area contributed by atoms with Gasteiger partial charge in [-0.1, -0.05) is 31.4 Å². The van der Waals surface area contributed by atoms with Gasteiger partial charge in [-0.05, 0) is 49.3 Å². The zero-order chi connectivity index (χ0) is 21.3. The van der Waals surface area contributed by atoms with Crippen LogP contribution in [0, 0.1) is 0 Å². The molecule has 0 saturated heterocycles. The van der Waals surface area contributed by atoms with Gasteiger partial charge in [0.1, 0.15) is 11.6 Å². The molecule has 0 aliphatic carbocycles. The maximum Gasteiger partial charge on any atom is 0.303 e. The molecule has 7 heteroatoms. The van der Waals surface area contributed by atoms with Crippen LogP contribution in [0.1, 0.15) is 68.2 Å². The van der Waals surface area contributed by atoms with Crippen molar-refractivity contribution in [2.24, 2.45) is 0 Å². The molecule has 2 aromatic rings. The predicted molar refractivity (Wildman–Crippen MR) is 118 cm³/mol. The first-order chi connectivity index (χ1) is 14.5. The van der Waals surface area contributed by atoms with E-state index in [4.69, 9.17) is 10.5 Å². The van der Waals surface area contributed by atoms with Crippen molar-refractivity contribution in [3.63, 3.8) is 0 Å². The third kappa shape index (κ3) is 6.34. The van der Waals surface area contributed by atoms with Crippen molar-refractivity contribution < 1.29 is 14.6 Å². The number of rotatable bonds is 12. The zero-order valence-electron chi connectivity index (χ0n) is 17.7. The lowest BCUT2D eigenvalue weighted by Crippen LogP contribution is -2.07. The lowest BCUT2D eigenvalue weighted by atomic mass is 9.89. The number of nitrogen functional groups attached to an aromatic ring is 1. The minimum Gasteiger partial charge on any atom is -0.493 e. The van der Waals surface area contributed by atoms with Crippen LogP contribution in [-0.2, 0) is 17.6 Å². The number of aromatic nitrogens is 2. The van der Waals surface area contributed by atoms with Gasteiger partial charge in [-0.25, -0.2) is 4.98 Å². The molecular weight excluding hydrogens is 380 g/mol. The summed E-state index contributed by atoms with van der Waals surface area (Å²) in [6.45, 7) is 3.48. The van der Waals surface area contributed by atoms with Crippen LogP contribution in [0.2, 0.25) is 0 Å². The summed E-state index contributed by atoms with van der Waals surface area (Å²) in [5, 5.41) is 12.4. The Morgan fingerprint density at radius 1 is 1.23 bits per heavy atom. The van der Waals surface area contributed by atoms with Gasteiger partial charge >= 0.3 is 5.97 Å². The summed E-state index contributed by atoms with van der Waals surface area (Å²) in [5.74, 6) is 1.28. The molecule has 0 fully saturated rings. The summed E-state index contributed by atoms with van der Waals surface area (Å²) >= 11 is 0. The molecule has 1 atom stereocenters. The number of carboxylic acids is 1. The van der Waals surface area contributed by atoms with Gasteiger partial charge in [0, 0.05) is 24.7 Å². The Bertz CT molecular complexity index is 856. The average molecular weight is 413 g/mol. The van der Waals surface area contributed by atoms with Crippen molar-refractivity contribution in [3.8, 4) is 5.75 Å². The highest BCUT2D eigenvalue weighted by Crippen LogP contribution is 2.33. The van der Waals surface area contributed by atoms with Gasteiger partial charge in [0.2, 0.25) is 5.95 Å². The van der Waals surface area contributed by atoms with Crippen LogP contribution in [0.25, 0.3) is 0 Å². The van der Waals surface area contributed by atoms with E-state index in [0.717, 1.165) is 75.1 Å². The third-order valence-electron chi connectivity index (χ3n) is 5.48. The fourth-order valence-electron chi connectivity index (χ4n) is 3.97. The lowest BCUT2D eigenvalue weighted by molar-refractivity contribution is -0.137. The molecule has 0 amide bonds. The molecule has 3 rings (SSSR count). The number of carbonyl (C=O) groups is 1. The summed E-state index contributed by atoms with van der Waals surface area (Å²) in [5.41, 5.74) is 9.11. The number of hydrogen-bond donors (Lipinski definition) is 3. The normalized spacial score (nSPS) is 13.5. The zero-order valence-corrected chi connectivity index (χ0v) is 17.7. The van der Waals surface area contributed by atoms with Gasteiger partial charge in [0.25, 0.3) is 0 Å². The number of anilines is 2. The molecule has 4 N–H and O–H groups in total. The number of unbranched alkanes of at least 4 members (excludes halogenated alkanes) is 3. The van der Waals surface area contributed by atoms with Crippen LogP contribution < -0.4 is 15.8 Å². The third-order valence-corrected chi connectivity index (χ3v) is 5.48. The van der Waals surface area contributed by atoms with E-state index >= 15 is 0 Å². The number of fused-ring (bicyclic) bond motifs is 1. The Labute approximate surface area is 178 Å². The Kier molecular flexibility index (Phi) is 7.88. The molecule has 30 heavy (non-hydrogen) atoms. The molecular formula is C23H32N4O3. The molecule has 0 radical (unpaired) electrons. The maximum atomic E-state index is 11.4. The van der Waals surface area contributed by atoms with E-state index < -0.39 is 5.97 Å². The van der Waals surface area contributed by atoms with E-state index in [9.17, 15) is 9.90 Å². The molecule has 0 unspecified atom stereocenters. The summed E-state index contributed by atoms with van der Waals surface area (Å²) in [6.07, 6.45) is 7.01. The number of carboxylic acid groups (broad SMARTS) is 1. The summed E-state index contributed by atoms with van der Waals surface area (Å²) in [7, 11) is 0. The maximum absolute atomic E-state index is 11.4. The predicted octanol–water partition coefficient (Wildman–Crippen LogP) is 4.18. The fraction of sp³-hybridized carbons (Fsp3) is 0.522. The Balaban J connectivity index is 1.45. The Morgan fingerprint density at radius 2 is 2.07 bits per heavy atom. The molecule has 0 saturated carbocycles. The summed E-state index contributed by atoms with van der Waals surface area (Å²) in [6, 6.07) is 8.03. The lowest BCUT2D eigenvalue weighted by Gasteiger charge is -2.16. The molecule has 1 aromatic carbocycles. The average Bonchev–Trinajstić information content (AvgIpc) is 3.17. The number of nitrogens with two attached hydrogens (primary N) is 1. The largest absolute Gasteiger partial charge is 0.493 e. The van der Waals surface area contributed by atoms with Crippen LogP contribution >= 0.6 is 0 Å². The molecule has 2 heterocycles. The smallest absolute Gasteiger partial charge is 0.303 e. The van der Waals surface area contributed by atoms with Crippen molar-refractivity contribution in [2.45, 2.75) is 64.2 Å². The molecule has 1 aliphatic rings. The standard InChI is InChI=1S/C23H32N4O3/c1-2-25-23-26-19(15-21(24)27-23)8-6-4-3-5-7-17(14-22(28)29)18-10-9-16-11-12-30-20(16)13-18/h9-10,13,15,17H,2-8,11-12,14H2,1H3,(H,28,29)(H3,24,25,26,27)/t17-/m0/s1. The molecule has 1 aromatic heterocycles. The van der Waals surface area contributed by atoms with E-state index in [1.807, 2.05) is 19.1 Å². The van der Waals surface area contributed by atoms with Crippen LogP contribution in [-0.4, -0.2) is 34.2 Å². The van der Waals surface area contributed by atoms with Crippen molar-refractivity contribution in [1.82, 2.24) is 9.97 Å². The van der Waals surface area contributed by atoms with Crippen molar-refractivity contribution in [1.29, 1.82) is 0 Å². The second-order valence-electron chi connectivity index (χ2n) is 7.85. The number of nitrogens with zero attached hydrogens (tertiary/aromatic N) is 2. The number of aryl methyl sites for hydroxylation is 1. The highest BCUT2D eigenvalue weighted by atomic mass is 16.5. The first kappa shape index (κ1) is 21.9. The van der Waals surface area contributed by atoms with Gasteiger partial charge in [0.05, 0.1) is 13.0 Å². The van der Waals surface area contributed by atoms with Crippen LogP contribution in [0.4, 0.5) is 11.8 Å². The topological polar surface area (TPSA) is 110 Å². The first-order valence-corrected chi connectivity index (χ1v) is 10.9. The summed E-state index contributed by atoms with van der Waals surface area (Å²) < 4.78 is 5.65. The quantitative estimate of drug-likeness (QED) is 0.449. The van der Waals surface area contributed by atoms with Crippen molar-refractivity contribution in [3.05, 3.63) is 41.1 Å². The van der Waals surface area contributed by atoms with Crippen LogP contribution in [0.5, 0.6) is 5.75 Å². The Hall–Kier alpha value is -2.83. The molecule has 0 spiro atoms. The minimum atomic E-state index is -0.751. The highest BCUT2D eigenvalue weighted by molar-refractivity contribution is 5.68. The number of hydrogen-bond acceptors (Lipinski definition) is 6. The van der Waals surface area contributed by atoms with Gasteiger partial charge in [-0.2, -0.15) is 4.98 Å². The van der Waals surface area contributed by atoms with Crippen LogP contribution in [0.15, 0.2) is 24.3 Å². The first-order valence-electron chi connectivity index (χ1n) is 10.9. The summed E-state index contributed by atoms with van der Waals surface area (Å²) in [4.78, 5) is 20.0. The van der Waals surface area contributed by atoms with Crippen molar-refractivity contribution >= 4 is 17.7 Å². The number of nitrogens with one attached hydrogen (secondary N) is 1. The second kappa shape index (κ2) is 10.8. The SMILES string of the molecule is CCNc1nc(N)cc(CCCCCC[C@@H](CC(=O)O)c2ccc3c(c2)OCC3)n1. The van der Waals surface area contributed by atoms with Crippen molar-refractivity contribution in [2.75, 3.05) is 24.2 Å². The van der Waals surface area contributed by atoms with E-state index in [0.29, 0.717) is 11.8 Å². The minimum absolute atomic E-state index is 0.0290. The van der Waals surface area contributed by atoms with Gasteiger partial charge in [0.15, 0.2) is 0 Å². The Morgan fingerprint density at radius 3 is 2.87 bits per heavy atom.